The maximum Gasteiger partial charge on any atom is 0.295 e. The van der Waals surface area contributed by atoms with Gasteiger partial charge in [-0.25, -0.2) is 4.98 Å². The first-order chi connectivity index (χ1) is 11.1. The topological polar surface area (TPSA) is 113 Å². The summed E-state index contributed by atoms with van der Waals surface area (Å²) >= 11 is 1.10. The molecule has 120 valence electrons. The van der Waals surface area contributed by atoms with Crippen molar-refractivity contribution in [3.05, 3.63) is 34.3 Å². The number of carbonyl (C=O) groups is 1. The van der Waals surface area contributed by atoms with E-state index in [1.165, 1.54) is 25.5 Å². The van der Waals surface area contributed by atoms with Crippen LogP contribution in [0.15, 0.2) is 24.2 Å². The van der Waals surface area contributed by atoms with Gasteiger partial charge in [0.05, 0.1) is 22.8 Å². The summed E-state index contributed by atoms with van der Waals surface area (Å²) in [6.07, 6.45) is 1.23. The Morgan fingerprint density at radius 3 is 2.96 bits per heavy atom. The second-order valence-electron chi connectivity index (χ2n) is 4.43. The van der Waals surface area contributed by atoms with E-state index < -0.39 is 10.8 Å². The number of non-ortho nitro benzene ring substituents is 1. The molecule has 1 amide bonds. The summed E-state index contributed by atoms with van der Waals surface area (Å²) in [6.45, 7) is 0.678. The molecule has 0 unspecified atom stereocenters. The van der Waals surface area contributed by atoms with Crippen LogP contribution in [0.5, 0.6) is 5.75 Å². The molecule has 10 heteroatoms. The number of nitrogens with zero attached hydrogens (tertiary/aromatic N) is 2. The molecule has 0 saturated carbocycles. The Morgan fingerprint density at radius 1 is 1.48 bits per heavy atom. The Bertz CT molecular complexity index is 815. The molecular formula is C13H11N3O6S. The number of amides is 1. The Hall–Kier alpha value is -2.88. The highest BCUT2D eigenvalue weighted by atomic mass is 32.1. The number of hydrogen-bond acceptors (Lipinski definition) is 8. The van der Waals surface area contributed by atoms with E-state index in [9.17, 15) is 14.9 Å². The zero-order valence-electron chi connectivity index (χ0n) is 11.9. The molecule has 0 bridgehead atoms. The Morgan fingerprint density at radius 2 is 2.30 bits per heavy atom. The molecule has 1 N–H and O–H groups in total. The highest BCUT2D eigenvalue weighted by Gasteiger charge is 2.20. The van der Waals surface area contributed by atoms with Crippen molar-refractivity contribution in [3.63, 3.8) is 0 Å². The van der Waals surface area contributed by atoms with Crippen molar-refractivity contribution in [1.82, 2.24) is 4.98 Å². The highest BCUT2D eigenvalue weighted by molar-refractivity contribution is 7.22. The van der Waals surface area contributed by atoms with E-state index in [0.717, 1.165) is 11.3 Å². The van der Waals surface area contributed by atoms with E-state index in [-0.39, 0.29) is 22.3 Å². The number of anilines is 1. The fraction of sp³-hybridized carbons (Fsp3) is 0.231. The minimum Gasteiger partial charge on any atom is -0.494 e. The largest absolute Gasteiger partial charge is 0.494 e. The van der Waals surface area contributed by atoms with E-state index in [1.807, 2.05) is 0 Å². The minimum atomic E-state index is -0.516. The lowest BCUT2D eigenvalue weighted by atomic mass is 10.3. The van der Waals surface area contributed by atoms with Gasteiger partial charge in [-0.2, -0.15) is 0 Å². The molecule has 23 heavy (non-hydrogen) atoms. The van der Waals surface area contributed by atoms with E-state index in [2.05, 4.69) is 10.3 Å². The number of nitrogens with one attached hydrogen (secondary N) is 1. The number of ether oxygens (including phenoxy) is 3. The fourth-order valence-electron chi connectivity index (χ4n) is 1.95. The van der Waals surface area contributed by atoms with Crippen LogP contribution in [0, 0.1) is 10.1 Å². The number of aromatic nitrogens is 1. The van der Waals surface area contributed by atoms with Gasteiger partial charge >= 0.3 is 0 Å². The molecule has 0 atom stereocenters. The molecular weight excluding hydrogens is 326 g/mol. The van der Waals surface area contributed by atoms with Gasteiger partial charge in [-0.05, 0) is 0 Å². The summed E-state index contributed by atoms with van der Waals surface area (Å²) in [5.74, 6) is -0.187. The van der Waals surface area contributed by atoms with E-state index >= 15 is 0 Å². The maximum absolute atomic E-state index is 12.0. The number of carbonyl (C=O) groups excluding carboxylic acids is 1. The monoisotopic (exact) mass is 337 g/mol. The number of fused-ring (bicyclic) bond motifs is 1. The van der Waals surface area contributed by atoms with Gasteiger partial charge in [0.2, 0.25) is 5.76 Å². The average Bonchev–Trinajstić information content (AvgIpc) is 2.96. The van der Waals surface area contributed by atoms with Crippen molar-refractivity contribution in [1.29, 1.82) is 0 Å². The summed E-state index contributed by atoms with van der Waals surface area (Å²) in [5.41, 5.74) is 0.329. The summed E-state index contributed by atoms with van der Waals surface area (Å²) in [4.78, 5) is 26.7. The molecule has 0 saturated heterocycles. The first kappa shape index (κ1) is 15.0. The molecule has 2 heterocycles. The molecule has 1 aliphatic rings. The number of rotatable bonds is 4. The molecule has 0 spiro atoms. The number of thiazole rings is 1. The van der Waals surface area contributed by atoms with Crippen molar-refractivity contribution in [2.75, 3.05) is 25.6 Å². The predicted molar refractivity (Wildman–Crippen MR) is 81.4 cm³/mol. The van der Waals surface area contributed by atoms with Gasteiger partial charge in [0.25, 0.3) is 11.6 Å². The maximum atomic E-state index is 12.0. The van der Waals surface area contributed by atoms with Crippen molar-refractivity contribution in [3.8, 4) is 5.75 Å². The Balaban J connectivity index is 1.91. The molecule has 0 aliphatic carbocycles. The lowest BCUT2D eigenvalue weighted by Gasteiger charge is -2.14. The molecule has 0 fully saturated rings. The minimum absolute atomic E-state index is 0.0495. The SMILES string of the molecule is COc1cc([N+](=O)[O-])cc2sc(NC(=O)C3=COCCO3)nc12. The second-order valence-corrected chi connectivity index (χ2v) is 5.46. The van der Waals surface area contributed by atoms with Crippen LogP contribution in [0.1, 0.15) is 0 Å². The first-order valence-corrected chi connectivity index (χ1v) is 7.29. The zero-order chi connectivity index (χ0) is 16.4. The van der Waals surface area contributed by atoms with E-state index in [0.29, 0.717) is 23.4 Å². The van der Waals surface area contributed by atoms with Gasteiger partial charge in [0.1, 0.15) is 25.0 Å². The summed E-state index contributed by atoms with van der Waals surface area (Å²) in [7, 11) is 1.40. The number of hydrogen-bond donors (Lipinski definition) is 1. The third kappa shape index (κ3) is 3.01. The van der Waals surface area contributed by atoms with E-state index in [4.69, 9.17) is 14.2 Å². The van der Waals surface area contributed by atoms with Crippen LogP contribution >= 0.6 is 11.3 Å². The van der Waals surface area contributed by atoms with Crippen molar-refractivity contribution < 1.29 is 23.9 Å². The second kappa shape index (κ2) is 6.08. The summed E-state index contributed by atoms with van der Waals surface area (Å²) in [6, 6.07) is 2.67. The zero-order valence-corrected chi connectivity index (χ0v) is 12.7. The number of nitro groups is 1. The van der Waals surface area contributed by atoms with Crippen LogP contribution in [-0.4, -0.2) is 36.1 Å². The fourth-order valence-corrected chi connectivity index (χ4v) is 2.86. The van der Waals surface area contributed by atoms with Gasteiger partial charge in [0, 0.05) is 6.07 Å². The van der Waals surface area contributed by atoms with Gasteiger partial charge in [-0.3, -0.25) is 20.2 Å². The molecule has 1 aromatic heterocycles. The standard InChI is InChI=1S/C13H11N3O6S/c1-20-8-4-7(16(18)19)5-10-11(8)14-13(23-10)15-12(17)9-6-21-2-3-22-9/h4-6H,2-3H2,1H3,(H,14,15,17). The average molecular weight is 337 g/mol. The lowest BCUT2D eigenvalue weighted by Crippen LogP contribution is -2.20. The normalized spacial score (nSPS) is 13.7. The highest BCUT2D eigenvalue weighted by Crippen LogP contribution is 2.36. The molecule has 3 rings (SSSR count). The predicted octanol–water partition coefficient (Wildman–Crippen LogP) is 2.04. The number of benzene rings is 1. The van der Waals surface area contributed by atoms with Crippen LogP contribution < -0.4 is 10.1 Å². The van der Waals surface area contributed by atoms with Crippen molar-refractivity contribution in [2.24, 2.45) is 0 Å². The number of nitro benzene ring substituents is 1. The summed E-state index contributed by atoms with van der Waals surface area (Å²) in [5, 5.41) is 13.8. The third-order valence-electron chi connectivity index (χ3n) is 2.97. The number of methoxy groups -OCH3 is 1. The van der Waals surface area contributed by atoms with Crippen molar-refractivity contribution in [2.45, 2.75) is 0 Å². The van der Waals surface area contributed by atoms with Crippen LogP contribution in [0.25, 0.3) is 10.2 Å². The van der Waals surface area contributed by atoms with Gasteiger partial charge in [-0.15, -0.1) is 0 Å². The smallest absolute Gasteiger partial charge is 0.295 e. The molecule has 9 nitrogen and oxygen atoms in total. The van der Waals surface area contributed by atoms with Crippen LogP contribution in [0.2, 0.25) is 0 Å². The first-order valence-electron chi connectivity index (χ1n) is 6.47. The molecule has 1 aliphatic heterocycles. The molecule has 2 aromatic rings. The van der Waals surface area contributed by atoms with Gasteiger partial charge in [0.15, 0.2) is 10.9 Å². The van der Waals surface area contributed by atoms with E-state index in [1.54, 1.807) is 0 Å². The van der Waals surface area contributed by atoms with Crippen LogP contribution in [0.3, 0.4) is 0 Å². The quantitative estimate of drug-likeness (QED) is 0.671. The van der Waals surface area contributed by atoms with Gasteiger partial charge in [-0.1, -0.05) is 11.3 Å². The van der Waals surface area contributed by atoms with Crippen molar-refractivity contribution >= 4 is 38.3 Å². The Labute approximate surface area is 133 Å². The van der Waals surface area contributed by atoms with Gasteiger partial charge < -0.3 is 14.2 Å². The van der Waals surface area contributed by atoms with Crippen LogP contribution in [-0.2, 0) is 14.3 Å². The Kier molecular flexibility index (Phi) is 3.98. The van der Waals surface area contributed by atoms with Crippen LogP contribution in [0.4, 0.5) is 10.8 Å². The third-order valence-corrected chi connectivity index (χ3v) is 3.89. The summed E-state index contributed by atoms with van der Waals surface area (Å²) < 4.78 is 15.8. The molecule has 0 radical (unpaired) electrons. The lowest BCUT2D eigenvalue weighted by molar-refractivity contribution is -0.384. The molecule has 1 aromatic carbocycles.